The maximum atomic E-state index is 11.0. The van der Waals surface area contributed by atoms with Crippen molar-refractivity contribution in [3.05, 3.63) is 22.7 Å². The Labute approximate surface area is 109 Å². The van der Waals surface area contributed by atoms with Gasteiger partial charge in [-0.1, -0.05) is 15.9 Å². The number of carbonyl (C=O) groups is 1. The Bertz CT molecular complexity index is 418. The lowest BCUT2D eigenvalue weighted by Crippen LogP contribution is -2.31. The number of methoxy groups -OCH3 is 1. The summed E-state index contributed by atoms with van der Waals surface area (Å²) in [6.45, 7) is 3.71. The van der Waals surface area contributed by atoms with Crippen molar-refractivity contribution in [3.8, 4) is 5.75 Å². The fraction of sp³-hybridized carbons (Fsp3) is 0.417. The smallest absolute Gasteiger partial charge is 0.310 e. The highest BCUT2D eigenvalue weighted by Gasteiger charge is 2.26. The van der Waals surface area contributed by atoms with Gasteiger partial charge in [0, 0.05) is 22.8 Å². The Morgan fingerprint density at radius 2 is 2.12 bits per heavy atom. The molecule has 0 aliphatic heterocycles. The summed E-state index contributed by atoms with van der Waals surface area (Å²) < 4.78 is 6.01. The number of carboxylic acids is 1. The van der Waals surface area contributed by atoms with Crippen molar-refractivity contribution in [2.24, 2.45) is 5.41 Å². The average molecular weight is 302 g/mol. The summed E-state index contributed by atoms with van der Waals surface area (Å²) in [5.41, 5.74) is 0.0146. The Morgan fingerprint density at radius 3 is 2.65 bits per heavy atom. The van der Waals surface area contributed by atoms with Crippen molar-refractivity contribution in [2.75, 3.05) is 19.0 Å². The molecule has 0 saturated carbocycles. The SMILES string of the molecule is COc1cc(Br)cc(NCC(C)(C)C(=O)O)c1. The summed E-state index contributed by atoms with van der Waals surface area (Å²) in [6.07, 6.45) is 0. The Balaban J connectivity index is 2.76. The van der Waals surface area contributed by atoms with Crippen LogP contribution in [0.5, 0.6) is 5.75 Å². The zero-order chi connectivity index (χ0) is 13.1. The predicted molar refractivity (Wildman–Crippen MR) is 70.6 cm³/mol. The molecule has 4 nitrogen and oxygen atoms in total. The summed E-state index contributed by atoms with van der Waals surface area (Å²) >= 11 is 3.37. The maximum Gasteiger partial charge on any atom is 0.310 e. The van der Waals surface area contributed by atoms with Gasteiger partial charge in [0.25, 0.3) is 0 Å². The normalized spacial score (nSPS) is 11.1. The van der Waals surface area contributed by atoms with Crippen molar-refractivity contribution < 1.29 is 14.6 Å². The number of aliphatic carboxylic acids is 1. The van der Waals surface area contributed by atoms with E-state index in [1.807, 2.05) is 18.2 Å². The summed E-state index contributed by atoms with van der Waals surface area (Å²) in [7, 11) is 1.59. The fourth-order valence-corrected chi connectivity index (χ4v) is 1.65. The van der Waals surface area contributed by atoms with E-state index in [0.717, 1.165) is 15.9 Å². The van der Waals surface area contributed by atoms with E-state index in [4.69, 9.17) is 9.84 Å². The van der Waals surface area contributed by atoms with Crippen LogP contribution in [0.15, 0.2) is 22.7 Å². The summed E-state index contributed by atoms with van der Waals surface area (Å²) in [4.78, 5) is 11.0. The van der Waals surface area contributed by atoms with Gasteiger partial charge < -0.3 is 15.2 Å². The minimum Gasteiger partial charge on any atom is -0.497 e. The molecule has 5 heteroatoms. The zero-order valence-electron chi connectivity index (χ0n) is 10.1. The molecule has 0 aliphatic rings. The van der Waals surface area contributed by atoms with Crippen LogP contribution in [0.2, 0.25) is 0 Å². The Hall–Kier alpha value is -1.23. The average Bonchev–Trinajstić information content (AvgIpc) is 2.25. The van der Waals surface area contributed by atoms with E-state index in [2.05, 4.69) is 21.2 Å². The van der Waals surface area contributed by atoms with Gasteiger partial charge in [0.15, 0.2) is 0 Å². The standard InChI is InChI=1S/C12H16BrNO3/c1-12(2,11(15)16)7-14-9-4-8(13)5-10(6-9)17-3/h4-6,14H,7H2,1-3H3,(H,15,16). The molecule has 0 aromatic heterocycles. The molecule has 94 valence electrons. The first-order valence-corrected chi connectivity index (χ1v) is 5.96. The third-order valence-corrected chi connectivity index (χ3v) is 2.88. The number of halogens is 1. The molecule has 0 spiro atoms. The van der Waals surface area contributed by atoms with Gasteiger partial charge in [-0.3, -0.25) is 4.79 Å². The number of hydrogen-bond donors (Lipinski definition) is 2. The topological polar surface area (TPSA) is 58.6 Å². The van der Waals surface area contributed by atoms with Crippen molar-refractivity contribution in [2.45, 2.75) is 13.8 Å². The molecular weight excluding hydrogens is 286 g/mol. The first kappa shape index (κ1) is 13.8. The molecule has 0 saturated heterocycles. The van der Waals surface area contributed by atoms with E-state index in [9.17, 15) is 4.79 Å². The van der Waals surface area contributed by atoms with Crippen LogP contribution >= 0.6 is 15.9 Å². The largest absolute Gasteiger partial charge is 0.497 e. The van der Waals surface area contributed by atoms with E-state index in [-0.39, 0.29) is 0 Å². The predicted octanol–water partition coefficient (Wildman–Crippen LogP) is 2.98. The summed E-state index contributed by atoms with van der Waals surface area (Å²) in [5, 5.41) is 12.1. The highest BCUT2D eigenvalue weighted by atomic mass is 79.9. The number of anilines is 1. The maximum absolute atomic E-state index is 11.0. The number of carboxylic acid groups (broad SMARTS) is 1. The Morgan fingerprint density at radius 1 is 1.47 bits per heavy atom. The van der Waals surface area contributed by atoms with Crippen molar-refractivity contribution in [1.82, 2.24) is 0 Å². The molecule has 17 heavy (non-hydrogen) atoms. The van der Waals surface area contributed by atoms with E-state index in [1.54, 1.807) is 21.0 Å². The molecule has 0 amide bonds. The van der Waals surface area contributed by atoms with E-state index >= 15 is 0 Å². The van der Waals surface area contributed by atoms with Crippen LogP contribution in [0.25, 0.3) is 0 Å². The third-order valence-electron chi connectivity index (χ3n) is 2.42. The number of ether oxygens (including phenoxy) is 1. The van der Waals surface area contributed by atoms with E-state index in [0.29, 0.717) is 6.54 Å². The molecule has 0 atom stereocenters. The van der Waals surface area contributed by atoms with Gasteiger partial charge in [0.05, 0.1) is 12.5 Å². The van der Waals surface area contributed by atoms with Crippen LogP contribution in [0.4, 0.5) is 5.69 Å². The van der Waals surface area contributed by atoms with E-state index in [1.165, 1.54) is 0 Å². The molecule has 2 N–H and O–H groups in total. The monoisotopic (exact) mass is 301 g/mol. The molecule has 0 heterocycles. The van der Waals surface area contributed by atoms with Crippen LogP contribution in [-0.4, -0.2) is 24.7 Å². The fourth-order valence-electron chi connectivity index (χ4n) is 1.18. The van der Waals surface area contributed by atoms with Crippen LogP contribution < -0.4 is 10.1 Å². The second-order valence-corrected chi connectivity index (χ2v) is 5.34. The zero-order valence-corrected chi connectivity index (χ0v) is 11.7. The van der Waals surface area contributed by atoms with Crippen molar-refractivity contribution in [1.29, 1.82) is 0 Å². The van der Waals surface area contributed by atoms with Crippen molar-refractivity contribution in [3.63, 3.8) is 0 Å². The van der Waals surface area contributed by atoms with Crippen LogP contribution in [-0.2, 0) is 4.79 Å². The molecular formula is C12H16BrNO3. The number of hydrogen-bond acceptors (Lipinski definition) is 3. The van der Waals surface area contributed by atoms with Crippen LogP contribution in [0, 0.1) is 5.41 Å². The minimum absolute atomic E-state index is 0.349. The quantitative estimate of drug-likeness (QED) is 0.878. The second kappa shape index (κ2) is 5.40. The molecule has 0 unspecified atom stereocenters. The molecule has 0 aliphatic carbocycles. The summed E-state index contributed by atoms with van der Waals surface area (Å²) in [5.74, 6) is -0.109. The molecule has 0 bridgehead atoms. The lowest BCUT2D eigenvalue weighted by molar-refractivity contribution is -0.146. The molecule has 1 rings (SSSR count). The highest BCUT2D eigenvalue weighted by Crippen LogP contribution is 2.25. The van der Waals surface area contributed by atoms with Crippen LogP contribution in [0.1, 0.15) is 13.8 Å². The Kier molecular flexibility index (Phi) is 4.40. The van der Waals surface area contributed by atoms with Gasteiger partial charge in [0.2, 0.25) is 0 Å². The third kappa shape index (κ3) is 3.93. The van der Waals surface area contributed by atoms with Crippen molar-refractivity contribution >= 4 is 27.6 Å². The van der Waals surface area contributed by atoms with Gasteiger partial charge in [-0.05, 0) is 26.0 Å². The number of benzene rings is 1. The summed E-state index contributed by atoms with van der Waals surface area (Å²) in [6, 6.07) is 5.54. The van der Waals surface area contributed by atoms with Gasteiger partial charge in [-0.2, -0.15) is 0 Å². The van der Waals surface area contributed by atoms with Gasteiger partial charge >= 0.3 is 5.97 Å². The number of nitrogens with one attached hydrogen (secondary N) is 1. The molecule has 0 fully saturated rings. The molecule has 0 radical (unpaired) electrons. The molecule has 1 aromatic rings. The minimum atomic E-state index is -0.827. The van der Waals surface area contributed by atoms with Gasteiger partial charge in [-0.25, -0.2) is 0 Å². The highest BCUT2D eigenvalue weighted by molar-refractivity contribution is 9.10. The first-order chi connectivity index (χ1) is 7.85. The van der Waals surface area contributed by atoms with E-state index < -0.39 is 11.4 Å². The molecule has 1 aromatic carbocycles. The number of rotatable bonds is 5. The van der Waals surface area contributed by atoms with Crippen LogP contribution in [0.3, 0.4) is 0 Å². The lowest BCUT2D eigenvalue weighted by Gasteiger charge is -2.20. The second-order valence-electron chi connectivity index (χ2n) is 4.42. The van der Waals surface area contributed by atoms with Gasteiger partial charge in [0.1, 0.15) is 5.75 Å². The first-order valence-electron chi connectivity index (χ1n) is 5.17. The van der Waals surface area contributed by atoms with Gasteiger partial charge in [-0.15, -0.1) is 0 Å². The lowest BCUT2D eigenvalue weighted by atomic mass is 9.94.